The number of rotatable bonds is 8. The summed E-state index contributed by atoms with van der Waals surface area (Å²) < 4.78 is 7.06. The smallest absolute Gasteiger partial charge is 0.344 e. The number of benzene rings is 1. The SMILES string of the molecule is Cc1occc1-c1nnc(SCC(=O)NN2C(=O)NC(C)(CCc3ccccc3)C2=O)n1C. The Hall–Kier alpha value is -3.60. The third kappa shape index (κ3) is 4.63. The van der Waals surface area contributed by atoms with Gasteiger partial charge in [0.15, 0.2) is 11.0 Å². The van der Waals surface area contributed by atoms with Crippen molar-refractivity contribution < 1.29 is 18.8 Å². The van der Waals surface area contributed by atoms with E-state index in [1.54, 1.807) is 30.9 Å². The number of hydrazine groups is 1. The van der Waals surface area contributed by atoms with Crippen LogP contribution in [0.25, 0.3) is 11.4 Å². The van der Waals surface area contributed by atoms with Crippen molar-refractivity contribution >= 4 is 29.6 Å². The van der Waals surface area contributed by atoms with E-state index in [-0.39, 0.29) is 5.75 Å². The second-order valence-electron chi connectivity index (χ2n) is 7.97. The Balaban J connectivity index is 1.34. The molecule has 1 aliphatic heterocycles. The average molecular weight is 469 g/mol. The topological polar surface area (TPSA) is 122 Å². The first kappa shape index (κ1) is 22.6. The summed E-state index contributed by atoms with van der Waals surface area (Å²) in [5.41, 5.74) is 3.19. The fourth-order valence-electron chi connectivity index (χ4n) is 3.57. The van der Waals surface area contributed by atoms with E-state index in [0.717, 1.165) is 27.9 Å². The van der Waals surface area contributed by atoms with Crippen molar-refractivity contribution in [2.24, 2.45) is 7.05 Å². The number of urea groups is 1. The molecule has 33 heavy (non-hydrogen) atoms. The predicted molar refractivity (Wildman–Crippen MR) is 121 cm³/mol. The summed E-state index contributed by atoms with van der Waals surface area (Å²) in [5.74, 6) is 0.299. The number of carbonyl (C=O) groups excluding carboxylic acids is 3. The maximum atomic E-state index is 12.9. The van der Waals surface area contributed by atoms with Gasteiger partial charge in [0.25, 0.3) is 5.91 Å². The number of hydrogen-bond acceptors (Lipinski definition) is 7. The van der Waals surface area contributed by atoms with Gasteiger partial charge in [-0.3, -0.25) is 15.0 Å². The number of imide groups is 1. The van der Waals surface area contributed by atoms with Gasteiger partial charge in [0, 0.05) is 7.05 Å². The molecule has 1 unspecified atom stereocenters. The molecule has 0 spiro atoms. The van der Waals surface area contributed by atoms with Crippen LogP contribution in [0.3, 0.4) is 0 Å². The Morgan fingerprint density at radius 3 is 2.67 bits per heavy atom. The van der Waals surface area contributed by atoms with E-state index in [1.165, 1.54) is 0 Å². The van der Waals surface area contributed by atoms with E-state index >= 15 is 0 Å². The highest BCUT2D eigenvalue weighted by Crippen LogP contribution is 2.26. The summed E-state index contributed by atoms with van der Waals surface area (Å²) in [6.07, 6.45) is 2.61. The monoisotopic (exact) mass is 468 g/mol. The predicted octanol–water partition coefficient (Wildman–Crippen LogP) is 2.45. The van der Waals surface area contributed by atoms with Gasteiger partial charge in [0.05, 0.1) is 17.6 Å². The lowest BCUT2D eigenvalue weighted by molar-refractivity contribution is -0.138. The lowest BCUT2D eigenvalue weighted by atomic mass is 9.93. The number of nitrogens with zero attached hydrogens (tertiary/aromatic N) is 4. The average Bonchev–Trinajstić information content (AvgIpc) is 3.44. The number of carbonyl (C=O) groups is 3. The molecule has 0 aliphatic carbocycles. The van der Waals surface area contributed by atoms with Gasteiger partial charge in [-0.05, 0) is 38.3 Å². The van der Waals surface area contributed by atoms with Gasteiger partial charge in [-0.1, -0.05) is 42.1 Å². The first-order valence-electron chi connectivity index (χ1n) is 10.4. The van der Waals surface area contributed by atoms with E-state index in [2.05, 4.69) is 20.9 Å². The second-order valence-corrected chi connectivity index (χ2v) is 8.91. The van der Waals surface area contributed by atoms with Crippen LogP contribution in [0.2, 0.25) is 0 Å². The highest BCUT2D eigenvalue weighted by molar-refractivity contribution is 7.99. The minimum Gasteiger partial charge on any atom is -0.469 e. The molecule has 2 aromatic heterocycles. The number of hydrogen-bond donors (Lipinski definition) is 2. The molecule has 11 heteroatoms. The van der Waals surface area contributed by atoms with Crippen LogP contribution < -0.4 is 10.7 Å². The van der Waals surface area contributed by atoms with Crippen molar-refractivity contribution in [2.75, 3.05) is 5.75 Å². The van der Waals surface area contributed by atoms with Crippen molar-refractivity contribution in [3.63, 3.8) is 0 Å². The zero-order chi connectivity index (χ0) is 23.6. The maximum absolute atomic E-state index is 12.9. The molecule has 1 saturated heterocycles. The molecule has 4 rings (SSSR count). The molecule has 1 fully saturated rings. The van der Waals surface area contributed by atoms with Gasteiger partial charge in [-0.25, -0.2) is 4.79 Å². The van der Waals surface area contributed by atoms with Crippen LogP contribution in [0.1, 0.15) is 24.7 Å². The highest BCUT2D eigenvalue weighted by atomic mass is 32.2. The summed E-state index contributed by atoms with van der Waals surface area (Å²) in [5, 5.41) is 12.2. The van der Waals surface area contributed by atoms with Gasteiger partial charge >= 0.3 is 6.03 Å². The van der Waals surface area contributed by atoms with Crippen LogP contribution in [-0.2, 0) is 23.1 Å². The van der Waals surface area contributed by atoms with Crippen LogP contribution in [-0.4, -0.2) is 48.9 Å². The Kier molecular flexibility index (Phi) is 6.23. The van der Waals surface area contributed by atoms with Gasteiger partial charge in [-0.15, -0.1) is 10.2 Å². The van der Waals surface area contributed by atoms with Crippen LogP contribution in [0.15, 0.2) is 52.2 Å². The molecule has 2 N–H and O–H groups in total. The van der Waals surface area contributed by atoms with Gasteiger partial charge in [0.2, 0.25) is 5.91 Å². The summed E-state index contributed by atoms with van der Waals surface area (Å²) >= 11 is 1.15. The van der Waals surface area contributed by atoms with Gasteiger partial charge in [0.1, 0.15) is 11.3 Å². The molecular formula is C22H24N6O4S. The van der Waals surface area contributed by atoms with Crippen molar-refractivity contribution in [1.82, 2.24) is 30.5 Å². The van der Waals surface area contributed by atoms with Crippen molar-refractivity contribution in [3.05, 3.63) is 54.0 Å². The molecular weight excluding hydrogens is 444 g/mol. The number of amides is 4. The van der Waals surface area contributed by atoms with Crippen molar-refractivity contribution in [2.45, 2.75) is 37.4 Å². The van der Waals surface area contributed by atoms with Gasteiger partial charge in [-0.2, -0.15) is 5.01 Å². The molecule has 4 amide bonds. The Morgan fingerprint density at radius 2 is 1.97 bits per heavy atom. The summed E-state index contributed by atoms with van der Waals surface area (Å²) in [7, 11) is 1.79. The zero-order valence-corrected chi connectivity index (χ0v) is 19.3. The summed E-state index contributed by atoms with van der Waals surface area (Å²) in [6, 6.07) is 10.8. The highest BCUT2D eigenvalue weighted by Gasteiger charge is 2.48. The minimum atomic E-state index is -1.09. The molecule has 3 aromatic rings. The van der Waals surface area contributed by atoms with Crippen molar-refractivity contribution in [3.8, 4) is 11.4 Å². The van der Waals surface area contributed by atoms with Crippen LogP contribution >= 0.6 is 11.8 Å². The Labute approximate surface area is 194 Å². The van der Waals surface area contributed by atoms with E-state index in [0.29, 0.717) is 29.6 Å². The third-order valence-corrected chi connectivity index (χ3v) is 6.54. The largest absolute Gasteiger partial charge is 0.469 e. The fraction of sp³-hybridized carbons (Fsp3) is 0.318. The quantitative estimate of drug-likeness (QED) is 0.385. The van der Waals surface area contributed by atoms with E-state index < -0.39 is 23.4 Å². The van der Waals surface area contributed by atoms with Crippen LogP contribution in [0, 0.1) is 6.92 Å². The second kappa shape index (κ2) is 9.10. The lowest BCUT2D eigenvalue weighted by Gasteiger charge is -2.21. The first-order valence-corrected chi connectivity index (χ1v) is 11.3. The molecule has 10 nitrogen and oxygen atoms in total. The molecule has 0 radical (unpaired) electrons. The fourth-order valence-corrected chi connectivity index (χ4v) is 4.28. The molecule has 1 aromatic carbocycles. The Bertz CT molecular complexity index is 1190. The van der Waals surface area contributed by atoms with E-state index in [1.807, 2.05) is 37.3 Å². The lowest BCUT2D eigenvalue weighted by Crippen LogP contribution is -2.49. The molecule has 0 bridgehead atoms. The van der Waals surface area contributed by atoms with E-state index in [9.17, 15) is 14.4 Å². The first-order chi connectivity index (χ1) is 15.8. The number of thioether (sulfide) groups is 1. The maximum Gasteiger partial charge on any atom is 0.344 e. The third-order valence-electron chi connectivity index (χ3n) is 5.52. The minimum absolute atomic E-state index is 0.0475. The molecule has 1 atom stereocenters. The zero-order valence-electron chi connectivity index (χ0n) is 18.5. The molecule has 172 valence electrons. The summed E-state index contributed by atoms with van der Waals surface area (Å²) in [6.45, 7) is 3.49. The number of aromatic nitrogens is 3. The summed E-state index contributed by atoms with van der Waals surface area (Å²) in [4.78, 5) is 37.7. The molecule has 1 aliphatic rings. The van der Waals surface area contributed by atoms with Crippen LogP contribution in [0.5, 0.6) is 0 Å². The van der Waals surface area contributed by atoms with E-state index in [4.69, 9.17) is 4.42 Å². The number of nitrogens with one attached hydrogen (secondary N) is 2. The Morgan fingerprint density at radius 1 is 1.21 bits per heavy atom. The number of aryl methyl sites for hydroxylation is 2. The normalized spacial score (nSPS) is 18.0. The van der Waals surface area contributed by atoms with Gasteiger partial charge < -0.3 is 14.3 Å². The van der Waals surface area contributed by atoms with Crippen molar-refractivity contribution in [1.29, 1.82) is 0 Å². The number of furan rings is 1. The van der Waals surface area contributed by atoms with Crippen LogP contribution in [0.4, 0.5) is 4.79 Å². The standard InChI is InChI=1S/C22H24N6O4S/c1-14-16(10-12-32-14)18-24-25-21(27(18)3)33-13-17(29)26-28-19(30)22(2,23-20(28)31)11-9-15-7-5-4-6-8-15/h4-8,10,12H,9,11,13H2,1-3H3,(H,23,31)(H,26,29). The molecule has 0 saturated carbocycles. The molecule has 3 heterocycles.